The van der Waals surface area contributed by atoms with Crippen LogP contribution < -0.4 is 60.1 Å². The summed E-state index contributed by atoms with van der Waals surface area (Å²) in [5, 5.41) is 1.25. The summed E-state index contributed by atoms with van der Waals surface area (Å²) in [6.07, 6.45) is 0. The normalized spacial score (nSPS) is 13.1. The van der Waals surface area contributed by atoms with E-state index >= 15 is 0 Å². The summed E-state index contributed by atoms with van der Waals surface area (Å²) in [6, 6.07) is 116. The van der Waals surface area contributed by atoms with E-state index in [0.29, 0.717) is 0 Å². The van der Waals surface area contributed by atoms with E-state index < -0.39 is 0 Å². The Balaban J connectivity index is 1.00. The van der Waals surface area contributed by atoms with Crippen molar-refractivity contribution in [1.82, 2.24) is 0 Å². The second-order valence-corrected chi connectivity index (χ2v) is 24.9. The van der Waals surface area contributed by atoms with Crippen molar-refractivity contribution in [3.8, 4) is 0 Å². The van der Waals surface area contributed by atoms with E-state index in [4.69, 9.17) is 0 Å². The Bertz CT molecular complexity index is 4880. The third-order valence-corrected chi connectivity index (χ3v) is 20.4. The van der Waals surface area contributed by atoms with Crippen LogP contribution in [0.3, 0.4) is 0 Å². The van der Waals surface area contributed by atoms with Gasteiger partial charge in [0, 0.05) is 98.4 Å². The van der Waals surface area contributed by atoms with Crippen LogP contribution in [-0.2, 0) is 0 Å². The Kier molecular flexibility index (Phi) is 11.7. The fourth-order valence-corrected chi connectivity index (χ4v) is 17.3. The molecule has 0 radical (unpaired) electrons. The molecular formula is C78H52B2N6S2. The first-order valence-corrected chi connectivity index (χ1v) is 31.7. The Hall–Kier alpha value is -10.8. The highest BCUT2D eigenvalue weighted by Gasteiger charge is 2.53. The van der Waals surface area contributed by atoms with Crippen molar-refractivity contribution < 1.29 is 0 Å². The molecule has 6 heterocycles. The van der Waals surface area contributed by atoms with E-state index in [2.05, 4.69) is 345 Å². The van der Waals surface area contributed by atoms with Gasteiger partial charge in [-0.15, -0.1) is 11.3 Å². The minimum absolute atomic E-state index is 0.138. The summed E-state index contributed by atoms with van der Waals surface area (Å²) < 4.78 is 5.25. The van der Waals surface area contributed by atoms with Crippen molar-refractivity contribution in [2.75, 3.05) is 29.4 Å². The van der Waals surface area contributed by atoms with Crippen LogP contribution >= 0.6 is 22.7 Å². The van der Waals surface area contributed by atoms with Gasteiger partial charge in [-0.25, -0.2) is 0 Å². The average Bonchev–Trinajstić information content (AvgIpc) is 1.46. The molecule has 0 saturated carbocycles. The zero-order valence-corrected chi connectivity index (χ0v) is 49.3. The van der Waals surface area contributed by atoms with Crippen LogP contribution in [0.15, 0.2) is 315 Å². The smallest absolute Gasteiger partial charge is 0.277 e. The van der Waals surface area contributed by atoms with Gasteiger partial charge in [0.25, 0.3) is 13.4 Å². The molecule has 6 nitrogen and oxygen atoms in total. The summed E-state index contributed by atoms with van der Waals surface area (Å²) in [5.74, 6) is 0. The first kappa shape index (κ1) is 50.5. The number of anilines is 18. The lowest BCUT2D eigenvalue weighted by atomic mass is 9.36. The van der Waals surface area contributed by atoms with E-state index in [-0.39, 0.29) is 13.4 Å². The van der Waals surface area contributed by atoms with Crippen molar-refractivity contribution >= 4 is 179 Å². The van der Waals surface area contributed by atoms with Crippen LogP contribution in [0.2, 0.25) is 0 Å². The lowest BCUT2D eigenvalue weighted by Crippen LogP contribution is -2.60. The highest BCUT2D eigenvalue weighted by atomic mass is 32.1. The van der Waals surface area contributed by atoms with Gasteiger partial charge in [0.05, 0.1) is 28.4 Å². The predicted octanol–water partition coefficient (Wildman–Crippen LogP) is 18.1. The van der Waals surface area contributed by atoms with Gasteiger partial charge in [-0.2, -0.15) is 11.3 Å². The molecule has 0 spiro atoms. The molecule has 18 rings (SSSR count). The van der Waals surface area contributed by atoms with Gasteiger partial charge < -0.3 is 29.4 Å². The molecule has 0 aliphatic carbocycles. The summed E-state index contributed by atoms with van der Waals surface area (Å²) in [6.45, 7) is -0.280. The van der Waals surface area contributed by atoms with Crippen LogP contribution in [0.25, 0.3) is 10.1 Å². The molecule has 0 bridgehead atoms. The minimum atomic E-state index is -0.142. The van der Waals surface area contributed by atoms with Crippen molar-refractivity contribution in [2.24, 2.45) is 0 Å². The van der Waals surface area contributed by atoms with Crippen LogP contribution in [-0.4, -0.2) is 13.4 Å². The second-order valence-electron chi connectivity index (χ2n) is 22.8. The standard InChI is InChI=1S/C78H52B2N6S2/c1-9-29-53(30-10-1)81(54-31-11-2-12-32-54)61-49-66-71-67(50-61)85(59-41-21-7-22-42-59)74-75-78(88-77(74)79(71)64-46-26-27-47-65(64)83(66)57-37-17-5-18-38-57)80-72-68(84(58-39-19-6-20-40-58)73-63-45-25-28-48-70(63)87-76(73)80)51-62(52-69(72)86(75)60-43-23-8-24-44-60)82(55-33-13-3-14-34-55)56-35-15-4-16-36-56/h1-52H. The summed E-state index contributed by atoms with van der Waals surface area (Å²) in [7, 11) is 0. The molecule has 412 valence electrons. The van der Waals surface area contributed by atoms with E-state index in [0.717, 1.165) is 79.6 Å². The number of rotatable bonds is 10. The topological polar surface area (TPSA) is 19.4 Å². The molecular weight excluding hydrogens is 1110 g/mol. The molecule has 14 aromatic rings. The van der Waals surface area contributed by atoms with Crippen molar-refractivity contribution in [3.05, 3.63) is 315 Å². The van der Waals surface area contributed by atoms with Gasteiger partial charge in [-0.05, 0) is 150 Å². The van der Waals surface area contributed by atoms with Gasteiger partial charge in [-0.1, -0.05) is 182 Å². The molecule has 10 heteroatoms. The predicted molar refractivity (Wildman–Crippen MR) is 377 cm³/mol. The fraction of sp³-hybridized carbons (Fsp3) is 0. The molecule has 2 aromatic heterocycles. The number of fused-ring (bicyclic) bond motifs is 11. The third-order valence-electron chi connectivity index (χ3n) is 17.9. The van der Waals surface area contributed by atoms with E-state index in [1.165, 1.54) is 63.6 Å². The van der Waals surface area contributed by atoms with Gasteiger partial charge >= 0.3 is 0 Å². The molecule has 4 aliphatic rings. The first-order valence-electron chi connectivity index (χ1n) is 30.1. The van der Waals surface area contributed by atoms with Crippen molar-refractivity contribution in [2.45, 2.75) is 0 Å². The largest absolute Gasteiger partial charge is 0.311 e. The fourth-order valence-electron chi connectivity index (χ4n) is 14.4. The molecule has 88 heavy (non-hydrogen) atoms. The molecule has 0 unspecified atom stereocenters. The molecule has 0 fully saturated rings. The Morgan fingerprint density at radius 1 is 0.250 bits per heavy atom. The zero-order valence-electron chi connectivity index (χ0n) is 47.7. The zero-order chi connectivity index (χ0) is 57.8. The summed E-state index contributed by atoms with van der Waals surface area (Å²) >= 11 is 3.97. The van der Waals surface area contributed by atoms with E-state index in [1.54, 1.807) is 0 Å². The monoisotopic (exact) mass is 1160 g/mol. The highest BCUT2D eigenvalue weighted by molar-refractivity contribution is 7.43. The van der Waals surface area contributed by atoms with Crippen LogP contribution in [0.1, 0.15) is 0 Å². The highest BCUT2D eigenvalue weighted by Crippen LogP contribution is 2.56. The number of hydrogen-bond donors (Lipinski definition) is 0. The number of thiophene rings is 2. The Morgan fingerprint density at radius 3 is 1.01 bits per heavy atom. The van der Waals surface area contributed by atoms with Crippen molar-refractivity contribution in [1.29, 1.82) is 0 Å². The molecule has 0 saturated heterocycles. The summed E-state index contributed by atoms with van der Waals surface area (Å²) in [5.41, 5.74) is 24.1. The lowest BCUT2D eigenvalue weighted by Gasteiger charge is -2.46. The van der Waals surface area contributed by atoms with Crippen LogP contribution in [0, 0.1) is 0 Å². The number of benzene rings is 12. The third kappa shape index (κ3) is 7.75. The van der Waals surface area contributed by atoms with Gasteiger partial charge in [0.15, 0.2) is 0 Å². The molecule has 0 N–H and O–H groups in total. The van der Waals surface area contributed by atoms with Gasteiger partial charge in [0.1, 0.15) is 0 Å². The van der Waals surface area contributed by atoms with E-state index in [9.17, 15) is 0 Å². The number of nitrogens with zero attached hydrogens (tertiary/aromatic N) is 6. The van der Waals surface area contributed by atoms with Crippen LogP contribution in [0.4, 0.5) is 102 Å². The summed E-state index contributed by atoms with van der Waals surface area (Å²) in [4.78, 5) is 15.3. The SMILES string of the molecule is c1ccc(N(c2ccccc2)c2cc3c4c(c2)N(c2ccccc2)c2c(sc5c2N(c2ccccc2)c2cc(N(c6ccccc6)c6ccccc6)cc6c2B5c2sc5ccccc5c2N6c2ccccc2)B4c2ccccc2N3c2ccccc2)cc1. The maximum Gasteiger partial charge on any atom is 0.277 e. The maximum absolute atomic E-state index is 2.65. The maximum atomic E-state index is 2.65. The minimum Gasteiger partial charge on any atom is -0.311 e. The molecule has 4 aliphatic heterocycles. The van der Waals surface area contributed by atoms with E-state index in [1.807, 2.05) is 22.7 Å². The van der Waals surface area contributed by atoms with Gasteiger partial charge in [-0.3, -0.25) is 0 Å². The number of hydrogen-bond acceptors (Lipinski definition) is 8. The lowest BCUT2D eigenvalue weighted by molar-refractivity contribution is 1.21. The molecule has 0 atom stereocenters. The van der Waals surface area contributed by atoms with Crippen molar-refractivity contribution in [3.63, 3.8) is 0 Å². The molecule has 0 amide bonds. The van der Waals surface area contributed by atoms with Crippen LogP contribution in [0.5, 0.6) is 0 Å². The average molecular weight is 1160 g/mol. The Morgan fingerprint density at radius 2 is 0.568 bits per heavy atom. The Labute approximate surface area is 520 Å². The quantitative estimate of drug-likeness (QED) is 0.126. The van der Waals surface area contributed by atoms with Gasteiger partial charge in [0.2, 0.25) is 0 Å². The number of para-hydroxylation sites is 9. The molecule has 12 aromatic carbocycles. The second kappa shape index (κ2) is 20.5. The first-order chi connectivity index (χ1) is 43.7.